The van der Waals surface area contributed by atoms with Gasteiger partial charge in [-0.1, -0.05) is 50.0 Å². The van der Waals surface area contributed by atoms with Crippen molar-refractivity contribution in [2.75, 3.05) is 12.4 Å². The van der Waals surface area contributed by atoms with Crippen molar-refractivity contribution in [1.29, 1.82) is 0 Å². The van der Waals surface area contributed by atoms with Gasteiger partial charge in [-0.2, -0.15) is 0 Å². The first kappa shape index (κ1) is 23.2. The Kier molecular flexibility index (Phi) is 5.60. The van der Waals surface area contributed by atoms with Gasteiger partial charge in [-0.25, -0.2) is 4.98 Å². The van der Waals surface area contributed by atoms with E-state index < -0.39 is 0 Å². The van der Waals surface area contributed by atoms with Gasteiger partial charge in [-0.3, -0.25) is 9.59 Å². The third-order valence-electron chi connectivity index (χ3n) is 9.77. The topological polar surface area (TPSA) is 62.3 Å². The quantitative estimate of drug-likeness (QED) is 0.568. The van der Waals surface area contributed by atoms with Crippen LogP contribution in [0.2, 0.25) is 10.0 Å². The molecule has 7 heteroatoms. The summed E-state index contributed by atoms with van der Waals surface area (Å²) in [5.41, 5.74) is -0.0411. The van der Waals surface area contributed by atoms with Crippen molar-refractivity contribution >= 4 is 40.8 Å². The summed E-state index contributed by atoms with van der Waals surface area (Å²) >= 11 is 12.2. The standard InChI is InChI=1S/C26H33Cl2N3O2/c1-14-11-16-17-5-6-19(24(33)30-23-20(28)12-15(27)13-29-23)25(17,2)9-7-18(16)26(3)10-8-21(32)31(4)22(14)26/h8,10,12-14,16-19,22H,5-7,9,11H2,1-4H3,(H,29,30,33)/t14?,16-,17-,18-,19+,22+,25-,26+/m0/s1. The van der Waals surface area contributed by atoms with E-state index in [0.29, 0.717) is 39.5 Å². The second kappa shape index (κ2) is 7.98. The van der Waals surface area contributed by atoms with E-state index in [1.807, 2.05) is 11.9 Å². The number of rotatable bonds is 2. The van der Waals surface area contributed by atoms with E-state index in [9.17, 15) is 9.59 Å². The zero-order valence-electron chi connectivity index (χ0n) is 19.8. The highest BCUT2D eigenvalue weighted by Crippen LogP contribution is 2.66. The second-order valence-electron chi connectivity index (χ2n) is 11.3. The van der Waals surface area contributed by atoms with Crippen molar-refractivity contribution < 1.29 is 9.59 Å². The minimum atomic E-state index is -0.0519. The number of carbonyl (C=O) groups excluding carboxylic acids is 2. The Bertz CT molecular complexity index is 1030. The lowest BCUT2D eigenvalue weighted by Crippen LogP contribution is -2.62. The van der Waals surface area contributed by atoms with E-state index in [-0.39, 0.29) is 34.6 Å². The Morgan fingerprint density at radius 1 is 1.21 bits per heavy atom. The van der Waals surface area contributed by atoms with Gasteiger partial charge >= 0.3 is 0 Å². The maximum atomic E-state index is 13.4. The summed E-state index contributed by atoms with van der Waals surface area (Å²) in [5.74, 6) is 2.53. The van der Waals surface area contributed by atoms with Crippen LogP contribution in [0.1, 0.15) is 52.9 Å². The van der Waals surface area contributed by atoms with E-state index in [4.69, 9.17) is 23.2 Å². The molecule has 3 saturated carbocycles. The predicted octanol–water partition coefficient (Wildman–Crippen LogP) is 5.83. The molecule has 3 aliphatic carbocycles. The molecule has 4 aliphatic rings. The fourth-order valence-corrected chi connectivity index (χ4v) is 8.87. The molecule has 2 heterocycles. The SMILES string of the molecule is CC1C[C@@H]2[C@H](CC[C@]3(C)[C@@H](C(=O)Nc4ncc(Cl)cc4Cl)CC[C@@H]23)[C@@]2(C)C=CC(=O)N(C)[C@H]12. The van der Waals surface area contributed by atoms with E-state index in [2.05, 4.69) is 37.1 Å². The number of aromatic nitrogens is 1. The van der Waals surface area contributed by atoms with Gasteiger partial charge in [0.2, 0.25) is 11.8 Å². The van der Waals surface area contributed by atoms with Crippen LogP contribution in [-0.2, 0) is 9.59 Å². The fraction of sp³-hybridized carbons (Fsp3) is 0.654. The monoisotopic (exact) mass is 489 g/mol. The molecule has 0 spiro atoms. The Morgan fingerprint density at radius 3 is 2.70 bits per heavy atom. The molecule has 0 bridgehead atoms. The fourth-order valence-electron chi connectivity index (χ4n) is 8.45. The van der Waals surface area contributed by atoms with Crippen molar-refractivity contribution in [2.45, 2.75) is 58.9 Å². The van der Waals surface area contributed by atoms with Gasteiger partial charge in [-0.15, -0.1) is 0 Å². The van der Waals surface area contributed by atoms with Crippen LogP contribution in [0.25, 0.3) is 0 Å². The summed E-state index contributed by atoms with van der Waals surface area (Å²) in [4.78, 5) is 32.0. The number of likely N-dealkylation sites (N-methyl/N-ethyl adjacent to an activating group) is 1. The molecule has 8 atom stereocenters. The van der Waals surface area contributed by atoms with Gasteiger partial charge in [0.05, 0.1) is 10.0 Å². The highest BCUT2D eigenvalue weighted by atomic mass is 35.5. The lowest BCUT2D eigenvalue weighted by Gasteiger charge is -2.62. The number of nitrogens with zero attached hydrogens (tertiary/aromatic N) is 2. The molecule has 5 nitrogen and oxygen atoms in total. The normalized spacial score (nSPS) is 41.9. The molecule has 1 N–H and O–H groups in total. The van der Waals surface area contributed by atoms with E-state index >= 15 is 0 Å². The number of nitrogens with one attached hydrogen (secondary N) is 1. The molecular weight excluding hydrogens is 457 g/mol. The summed E-state index contributed by atoms with van der Waals surface area (Å²) in [6.07, 6.45) is 10.7. The molecule has 1 aliphatic heterocycles. The first-order chi connectivity index (χ1) is 15.6. The molecule has 178 valence electrons. The summed E-state index contributed by atoms with van der Waals surface area (Å²) in [5, 5.41) is 3.80. The van der Waals surface area contributed by atoms with E-state index in [1.165, 1.54) is 6.20 Å². The van der Waals surface area contributed by atoms with Crippen LogP contribution in [0, 0.1) is 40.4 Å². The number of anilines is 1. The van der Waals surface area contributed by atoms with Crippen LogP contribution in [0.4, 0.5) is 5.82 Å². The van der Waals surface area contributed by atoms with Crippen LogP contribution in [0.3, 0.4) is 0 Å². The van der Waals surface area contributed by atoms with Gasteiger partial charge in [0, 0.05) is 30.6 Å². The third-order valence-corrected chi connectivity index (χ3v) is 10.3. The third kappa shape index (κ3) is 3.44. The maximum Gasteiger partial charge on any atom is 0.246 e. The Morgan fingerprint density at radius 2 is 1.97 bits per heavy atom. The van der Waals surface area contributed by atoms with Crippen LogP contribution < -0.4 is 5.32 Å². The molecule has 1 aromatic rings. The van der Waals surface area contributed by atoms with Gasteiger partial charge in [0.25, 0.3) is 0 Å². The van der Waals surface area contributed by atoms with Crippen molar-refractivity contribution in [3.05, 3.63) is 34.5 Å². The zero-order chi connectivity index (χ0) is 23.7. The van der Waals surface area contributed by atoms with Crippen molar-refractivity contribution in [3.8, 4) is 0 Å². The van der Waals surface area contributed by atoms with Crippen LogP contribution >= 0.6 is 23.2 Å². The predicted molar refractivity (Wildman–Crippen MR) is 131 cm³/mol. The summed E-state index contributed by atoms with van der Waals surface area (Å²) < 4.78 is 0. The molecule has 1 unspecified atom stereocenters. The van der Waals surface area contributed by atoms with Crippen LogP contribution in [0.5, 0.6) is 0 Å². The molecule has 0 saturated heterocycles. The number of hydrogen-bond acceptors (Lipinski definition) is 3. The van der Waals surface area contributed by atoms with Gasteiger partial charge in [0.1, 0.15) is 0 Å². The average Bonchev–Trinajstić information content (AvgIpc) is 3.10. The van der Waals surface area contributed by atoms with Crippen molar-refractivity contribution in [2.24, 2.45) is 40.4 Å². The largest absolute Gasteiger partial charge is 0.338 e. The smallest absolute Gasteiger partial charge is 0.246 e. The summed E-state index contributed by atoms with van der Waals surface area (Å²) in [7, 11) is 1.96. The van der Waals surface area contributed by atoms with Crippen molar-refractivity contribution in [3.63, 3.8) is 0 Å². The molecule has 0 aromatic carbocycles. The first-order valence-corrected chi connectivity index (χ1v) is 12.9. The Labute approximate surface area is 206 Å². The lowest BCUT2D eigenvalue weighted by atomic mass is 9.46. The number of halogens is 2. The van der Waals surface area contributed by atoms with Crippen LogP contribution in [0.15, 0.2) is 24.4 Å². The van der Waals surface area contributed by atoms with Crippen LogP contribution in [-0.4, -0.2) is 34.8 Å². The highest BCUT2D eigenvalue weighted by Gasteiger charge is 2.62. The summed E-state index contributed by atoms with van der Waals surface area (Å²) in [6.45, 7) is 7.00. The molecular formula is C26H33Cl2N3O2. The zero-order valence-corrected chi connectivity index (χ0v) is 21.3. The van der Waals surface area contributed by atoms with E-state index in [0.717, 1.165) is 32.1 Å². The second-order valence-corrected chi connectivity index (χ2v) is 12.2. The van der Waals surface area contributed by atoms with Crippen molar-refractivity contribution in [1.82, 2.24) is 9.88 Å². The van der Waals surface area contributed by atoms with Gasteiger partial charge < -0.3 is 10.2 Å². The number of amides is 2. The molecule has 5 rings (SSSR count). The average molecular weight is 490 g/mol. The Hall–Kier alpha value is -1.59. The highest BCUT2D eigenvalue weighted by molar-refractivity contribution is 6.36. The summed E-state index contributed by atoms with van der Waals surface area (Å²) in [6, 6.07) is 1.86. The number of carbonyl (C=O) groups is 2. The number of fused-ring (bicyclic) bond motifs is 5. The number of hydrogen-bond donors (Lipinski definition) is 1. The minimum absolute atomic E-state index is 0.00653. The number of pyridine rings is 1. The molecule has 3 fully saturated rings. The lowest BCUT2D eigenvalue weighted by molar-refractivity contribution is -0.147. The minimum Gasteiger partial charge on any atom is -0.338 e. The molecule has 0 radical (unpaired) electrons. The molecule has 2 amide bonds. The maximum absolute atomic E-state index is 13.4. The Balaban J connectivity index is 1.40. The molecule has 1 aromatic heterocycles. The first-order valence-electron chi connectivity index (χ1n) is 12.1. The van der Waals surface area contributed by atoms with Gasteiger partial charge in [0.15, 0.2) is 5.82 Å². The molecule has 33 heavy (non-hydrogen) atoms. The van der Waals surface area contributed by atoms with Gasteiger partial charge in [-0.05, 0) is 73.3 Å². The van der Waals surface area contributed by atoms with E-state index in [1.54, 1.807) is 12.1 Å².